The molecule has 4 heteroatoms. The van der Waals surface area contributed by atoms with Crippen molar-refractivity contribution >= 4 is 11.6 Å². The van der Waals surface area contributed by atoms with E-state index >= 15 is 0 Å². The van der Waals surface area contributed by atoms with Gasteiger partial charge in [-0.1, -0.05) is 31.5 Å². The molecule has 0 bridgehead atoms. The van der Waals surface area contributed by atoms with Gasteiger partial charge in [0.2, 0.25) is 0 Å². The molecule has 1 aromatic heterocycles. The number of halogens is 2. The van der Waals surface area contributed by atoms with Gasteiger partial charge in [0.05, 0.1) is 11.3 Å². The zero-order valence-electron chi connectivity index (χ0n) is 12.1. The van der Waals surface area contributed by atoms with Crippen molar-refractivity contribution in [1.29, 1.82) is 0 Å². The topological polar surface area (TPSA) is 33.1 Å². The van der Waals surface area contributed by atoms with E-state index in [1.165, 1.54) is 24.4 Å². The zero-order chi connectivity index (χ0) is 15.3. The van der Waals surface area contributed by atoms with Crippen LogP contribution in [-0.4, -0.2) is 10.1 Å². The summed E-state index contributed by atoms with van der Waals surface area (Å²) in [6, 6.07) is 7.72. The molecule has 0 saturated carbocycles. The quantitative estimate of drug-likeness (QED) is 0.863. The van der Waals surface area contributed by atoms with Crippen LogP contribution in [0.25, 0.3) is 11.3 Å². The van der Waals surface area contributed by atoms with Gasteiger partial charge < -0.3 is 5.11 Å². The van der Waals surface area contributed by atoms with Crippen molar-refractivity contribution in [3.05, 3.63) is 52.9 Å². The van der Waals surface area contributed by atoms with E-state index < -0.39 is 5.60 Å². The Kier molecular flexibility index (Phi) is 5.66. The Morgan fingerprint density at radius 2 is 1.80 bits per heavy atom. The van der Waals surface area contributed by atoms with Crippen molar-refractivity contribution in [3.63, 3.8) is 0 Å². The fourth-order valence-corrected chi connectivity index (χ4v) is 1.78. The van der Waals surface area contributed by atoms with E-state index in [0.717, 1.165) is 0 Å². The molecule has 0 saturated heterocycles. The van der Waals surface area contributed by atoms with E-state index in [9.17, 15) is 9.50 Å². The lowest BCUT2D eigenvalue weighted by Gasteiger charge is -2.17. The second-order valence-corrected chi connectivity index (χ2v) is 5.05. The maximum Gasteiger partial charge on any atom is 0.132 e. The van der Waals surface area contributed by atoms with Crippen LogP contribution in [0.4, 0.5) is 4.39 Å². The Hall–Kier alpha value is -1.45. The van der Waals surface area contributed by atoms with E-state index in [2.05, 4.69) is 4.98 Å². The number of benzene rings is 1. The fraction of sp³-hybridized carbons (Fsp3) is 0.312. The van der Waals surface area contributed by atoms with E-state index in [1.807, 2.05) is 13.8 Å². The van der Waals surface area contributed by atoms with Crippen LogP contribution in [0.15, 0.2) is 36.5 Å². The van der Waals surface area contributed by atoms with Gasteiger partial charge in [-0.25, -0.2) is 4.39 Å². The highest BCUT2D eigenvalue weighted by Gasteiger charge is 2.16. The first-order valence-corrected chi connectivity index (χ1v) is 6.90. The van der Waals surface area contributed by atoms with Crippen molar-refractivity contribution in [2.24, 2.45) is 0 Å². The Balaban J connectivity index is 0.000000956. The number of hydrogen-bond acceptors (Lipinski definition) is 2. The normalized spacial score (nSPS) is 10.8. The zero-order valence-corrected chi connectivity index (χ0v) is 12.9. The minimum absolute atomic E-state index is 0.352. The smallest absolute Gasteiger partial charge is 0.132 e. The van der Waals surface area contributed by atoms with Crippen LogP contribution < -0.4 is 0 Å². The molecule has 0 aliphatic heterocycles. The van der Waals surface area contributed by atoms with Gasteiger partial charge in [-0.3, -0.25) is 4.98 Å². The first-order valence-electron chi connectivity index (χ1n) is 6.52. The molecule has 108 valence electrons. The molecule has 2 rings (SSSR count). The molecule has 0 unspecified atom stereocenters. The monoisotopic (exact) mass is 295 g/mol. The molecule has 0 radical (unpaired) electrons. The summed E-state index contributed by atoms with van der Waals surface area (Å²) in [6.07, 6.45) is 1.54. The minimum Gasteiger partial charge on any atom is -0.386 e. The number of hydrogen-bond donors (Lipinski definition) is 1. The third-order valence-corrected chi connectivity index (χ3v) is 2.91. The Bertz CT molecular complexity index is 562. The molecule has 2 aromatic rings. The molecule has 0 spiro atoms. The summed E-state index contributed by atoms with van der Waals surface area (Å²) >= 11 is 5.84. The third-order valence-electron chi connectivity index (χ3n) is 2.67. The van der Waals surface area contributed by atoms with Crippen LogP contribution in [0.2, 0.25) is 5.02 Å². The van der Waals surface area contributed by atoms with Gasteiger partial charge in [0.1, 0.15) is 5.82 Å². The van der Waals surface area contributed by atoms with Gasteiger partial charge in [0.25, 0.3) is 0 Å². The lowest BCUT2D eigenvalue weighted by Crippen LogP contribution is -2.15. The summed E-state index contributed by atoms with van der Waals surface area (Å²) in [5.74, 6) is -0.372. The molecular formula is C16H19ClFNO. The molecule has 1 heterocycles. The number of rotatable bonds is 2. The summed E-state index contributed by atoms with van der Waals surface area (Å²) < 4.78 is 13.6. The van der Waals surface area contributed by atoms with Crippen molar-refractivity contribution in [2.45, 2.75) is 33.3 Å². The molecule has 1 aromatic carbocycles. The second kappa shape index (κ2) is 6.82. The Morgan fingerprint density at radius 1 is 1.15 bits per heavy atom. The first kappa shape index (κ1) is 16.6. The van der Waals surface area contributed by atoms with E-state index in [-0.39, 0.29) is 5.82 Å². The van der Waals surface area contributed by atoms with Crippen molar-refractivity contribution < 1.29 is 9.50 Å². The molecule has 2 nitrogen and oxygen atoms in total. The molecule has 1 N–H and O–H groups in total. The van der Waals surface area contributed by atoms with Gasteiger partial charge in [0, 0.05) is 22.3 Å². The van der Waals surface area contributed by atoms with Gasteiger partial charge in [-0.15, -0.1) is 0 Å². The van der Waals surface area contributed by atoms with Crippen molar-refractivity contribution in [2.75, 3.05) is 0 Å². The highest BCUT2D eigenvalue weighted by atomic mass is 35.5. The summed E-state index contributed by atoms with van der Waals surface area (Å²) in [5, 5.41) is 10.3. The molecule has 0 atom stereocenters. The fourth-order valence-electron chi connectivity index (χ4n) is 1.61. The largest absolute Gasteiger partial charge is 0.386 e. The minimum atomic E-state index is -0.960. The van der Waals surface area contributed by atoms with Gasteiger partial charge in [-0.05, 0) is 38.1 Å². The average Bonchev–Trinajstić information content (AvgIpc) is 2.43. The molecule has 0 aliphatic carbocycles. The van der Waals surface area contributed by atoms with E-state index in [1.54, 1.807) is 26.0 Å². The van der Waals surface area contributed by atoms with Crippen LogP contribution >= 0.6 is 11.6 Å². The maximum absolute atomic E-state index is 13.6. The molecular weight excluding hydrogens is 277 g/mol. The van der Waals surface area contributed by atoms with Crippen molar-refractivity contribution in [3.8, 4) is 11.3 Å². The first-order chi connectivity index (χ1) is 9.38. The molecule has 20 heavy (non-hydrogen) atoms. The van der Waals surface area contributed by atoms with Gasteiger partial charge >= 0.3 is 0 Å². The summed E-state index contributed by atoms with van der Waals surface area (Å²) in [5.41, 5.74) is 0.555. The number of nitrogens with zero attached hydrogens (tertiary/aromatic N) is 1. The van der Waals surface area contributed by atoms with E-state index in [0.29, 0.717) is 21.8 Å². The number of aromatic nitrogens is 1. The lowest BCUT2D eigenvalue weighted by molar-refractivity contribution is 0.0782. The summed E-state index contributed by atoms with van der Waals surface area (Å²) in [4.78, 5) is 4.16. The van der Waals surface area contributed by atoms with Crippen molar-refractivity contribution in [1.82, 2.24) is 4.98 Å². The number of aliphatic hydroxyl groups is 1. The average molecular weight is 296 g/mol. The SMILES string of the molecule is CC.CC(C)(O)c1ccc(-c2cc(Cl)ccc2F)nc1. The predicted molar refractivity (Wildman–Crippen MR) is 81.2 cm³/mol. The van der Waals surface area contributed by atoms with Gasteiger partial charge in [-0.2, -0.15) is 0 Å². The van der Waals surface area contributed by atoms with Crippen LogP contribution in [0, 0.1) is 5.82 Å². The van der Waals surface area contributed by atoms with Crippen LogP contribution in [0.1, 0.15) is 33.3 Å². The second-order valence-electron chi connectivity index (χ2n) is 4.62. The highest BCUT2D eigenvalue weighted by Crippen LogP contribution is 2.26. The molecule has 0 amide bonds. The Labute approximate surface area is 124 Å². The predicted octanol–water partition coefficient (Wildman–Crippen LogP) is 4.79. The highest BCUT2D eigenvalue weighted by molar-refractivity contribution is 6.30. The van der Waals surface area contributed by atoms with Crippen LogP contribution in [-0.2, 0) is 5.60 Å². The third kappa shape index (κ3) is 4.02. The molecule has 0 aliphatic rings. The maximum atomic E-state index is 13.6. The lowest BCUT2D eigenvalue weighted by atomic mass is 9.99. The molecule has 0 fully saturated rings. The van der Waals surface area contributed by atoms with Crippen LogP contribution in [0.5, 0.6) is 0 Å². The standard InChI is InChI=1S/C14H13ClFNO.C2H6/c1-14(2,18)9-3-6-13(17-8-9)11-7-10(15)4-5-12(11)16;1-2/h3-8,18H,1-2H3;1-2H3. The van der Waals surface area contributed by atoms with E-state index in [4.69, 9.17) is 11.6 Å². The number of pyridine rings is 1. The Morgan fingerprint density at radius 3 is 2.30 bits per heavy atom. The van der Waals surface area contributed by atoms with Crippen LogP contribution in [0.3, 0.4) is 0 Å². The summed E-state index contributed by atoms with van der Waals surface area (Å²) in [6.45, 7) is 7.34. The van der Waals surface area contributed by atoms with Gasteiger partial charge in [0.15, 0.2) is 0 Å². The summed E-state index contributed by atoms with van der Waals surface area (Å²) in [7, 11) is 0.